The maximum atomic E-state index is 5.86. The summed E-state index contributed by atoms with van der Waals surface area (Å²) in [4.78, 5) is 0. The quantitative estimate of drug-likeness (QED) is 0.942. The molecule has 0 saturated carbocycles. The van der Waals surface area contributed by atoms with Crippen LogP contribution >= 0.6 is 15.9 Å². The van der Waals surface area contributed by atoms with E-state index in [1.54, 1.807) is 10.9 Å². The van der Waals surface area contributed by atoms with Crippen molar-refractivity contribution in [2.75, 3.05) is 7.05 Å². The third-order valence-electron chi connectivity index (χ3n) is 2.78. The summed E-state index contributed by atoms with van der Waals surface area (Å²) in [6, 6.07) is 6.21. The lowest BCUT2D eigenvalue weighted by molar-refractivity contribution is 0.465. The van der Waals surface area contributed by atoms with Crippen LogP contribution in [0, 0.1) is 0 Å². The van der Waals surface area contributed by atoms with E-state index in [1.807, 2.05) is 32.4 Å². The van der Waals surface area contributed by atoms with E-state index in [4.69, 9.17) is 4.74 Å². The van der Waals surface area contributed by atoms with Crippen LogP contribution in [0.15, 0.2) is 35.1 Å². The monoisotopic (exact) mass is 309 g/mol. The molecule has 18 heavy (non-hydrogen) atoms. The van der Waals surface area contributed by atoms with E-state index >= 15 is 0 Å². The molecule has 1 heterocycles. The third kappa shape index (κ3) is 2.91. The first-order valence-corrected chi connectivity index (χ1v) is 6.52. The van der Waals surface area contributed by atoms with Gasteiger partial charge >= 0.3 is 0 Å². The zero-order chi connectivity index (χ0) is 13.1. The smallest absolute Gasteiger partial charge is 0.165 e. The molecule has 5 heteroatoms. The lowest BCUT2D eigenvalue weighted by atomic mass is 10.1. The zero-order valence-electron chi connectivity index (χ0n) is 10.6. The molecule has 1 atom stereocenters. The minimum Gasteiger partial charge on any atom is -0.454 e. The number of rotatable bonds is 4. The molecule has 2 rings (SSSR count). The average molecular weight is 310 g/mol. The summed E-state index contributed by atoms with van der Waals surface area (Å²) in [7, 11) is 3.80. The van der Waals surface area contributed by atoms with Crippen molar-refractivity contribution in [3.8, 4) is 11.5 Å². The molecule has 1 N–H and O–H groups in total. The van der Waals surface area contributed by atoms with Gasteiger partial charge in [0, 0.05) is 23.1 Å². The van der Waals surface area contributed by atoms with Gasteiger partial charge in [-0.05, 0) is 32.2 Å². The molecule has 0 aliphatic carbocycles. The molecule has 0 aliphatic heterocycles. The van der Waals surface area contributed by atoms with Crippen molar-refractivity contribution in [1.29, 1.82) is 0 Å². The summed E-state index contributed by atoms with van der Waals surface area (Å²) in [5, 5.41) is 7.31. The fraction of sp³-hybridized carbons (Fsp3) is 0.308. The van der Waals surface area contributed by atoms with E-state index in [-0.39, 0.29) is 6.04 Å². The van der Waals surface area contributed by atoms with Crippen LogP contribution in [-0.4, -0.2) is 16.8 Å². The SMILES string of the molecule is CNC(C)c1cc(Br)ccc1Oc1cnn(C)c1. The van der Waals surface area contributed by atoms with Gasteiger partial charge in [-0.2, -0.15) is 5.10 Å². The van der Waals surface area contributed by atoms with Crippen LogP contribution in [0.1, 0.15) is 18.5 Å². The molecule has 1 aromatic carbocycles. The second-order valence-corrected chi connectivity index (χ2v) is 5.06. The van der Waals surface area contributed by atoms with Gasteiger partial charge in [-0.25, -0.2) is 0 Å². The van der Waals surface area contributed by atoms with Gasteiger partial charge in [0.05, 0.1) is 12.4 Å². The number of nitrogens with zero attached hydrogens (tertiary/aromatic N) is 2. The summed E-state index contributed by atoms with van der Waals surface area (Å²) in [6.07, 6.45) is 3.55. The first-order chi connectivity index (χ1) is 8.60. The molecule has 0 radical (unpaired) electrons. The van der Waals surface area contributed by atoms with Gasteiger partial charge in [-0.3, -0.25) is 4.68 Å². The van der Waals surface area contributed by atoms with E-state index in [1.165, 1.54) is 0 Å². The summed E-state index contributed by atoms with van der Waals surface area (Å²) >= 11 is 3.48. The Bertz CT molecular complexity index is 539. The van der Waals surface area contributed by atoms with Crippen molar-refractivity contribution in [1.82, 2.24) is 15.1 Å². The average Bonchev–Trinajstić information content (AvgIpc) is 2.76. The first-order valence-electron chi connectivity index (χ1n) is 5.73. The second kappa shape index (κ2) is 5.54. The third-order valence-corrected chi connectivity index (χ3v) is 3.27. The van der Waals surface area contributed by atoms with Gasteiger partial charge in [-0.1, -0.05) is 15.9 Å². The normalized spacial score (nSPS) is 12.4. The number of ether oxygens (including phenoxy) is 1. The molecule has 0 amide bonds. The predicted molar refractivity (Wildman–Crippen MR) is 74.9 cm³/mol. The lowest BCUT2D eigenvalue weighted by Gasteiger charge is -2.16. The largest absolute Gasteiger partial charge is 0.454 e. The highest BCUT2D eigenvalue weighted by molar-refractivity contribution is 9.10. The summed E-state index contributed by atoms with van der Waals surface area (Å²) in [5.74, 6) is 1.58. The Kier molecular flexibility index (Phi) is 4.04. The maximum Gasteiger partial charge on any atom is 0.165 e. The van der Waals surface area contributed by atoms with E-state index < -0.39 is 0 Å². The number of aromatic nitrogens is 2. The molecule has 0 bridgehead atoms. The molecule has 0 fully saturated rings. The van der Waals surface area contributed by atoms with E-state index in [2.05, 4.69) is 39.3 Å². The minimum atomic E-state index is 0.217. The van der Waals surface area contributed by atoms with Crippen LogP contribution < -0.4 is 10.1 Å². The van der Waals surface area contributed by atoms with E-state index in [9.17, 15) is 0 Å². The molecule has 4 nitrogen and oxygen atoms in total. The molecule has 0 aliphatic rings. The first kappa shape index (κ1) is 13.1. The molecule has 0 saturated heterocycles. The fourth-order valence-corrected chi connectivity index (χ4v) is 2.06. The van der Waals surface area contributed by atoms with Crippen molar-refractivity contribution >= 4 is 15.9 Å². The van der Waals surface area contributed by atoms with Crippen LogP contribution in [0.5, 0.6) is 11.5 Å². The molecule has 1 aromatic heterocycles. The van der Waals surface area contributed by atoms with Crippen LogP contribution in [-0.2, 0) is 7.05 Å². The number of halogens is 1. The predicted octanol–water partition coefficient (Wildman–Crippen LogP) is 3.26. The van der Waals surface area contributed by atoms with Crippen LogP contribution in [0.4, 0.5) is 0 Å². The van der Waals surface area contributed by atoms with Gasteiger partial charge in [0.15, 0.2) is 5.75 Å². The van der Waals surface area contributed by atoms with Crippen molar-refractivity contribution in [3.05, 3.63) is 40.6 Å². The topological polar surface area (TPSA) is 39.1 Å². The standard InChI is InChI=1S/C13H16BrN3O/c1-9(15-2)12-6-10(14)4-5-13(12)18-11-7-16-17(3)8-11/h4-9,15H,1-3H3. The van der Waals surface area contributed by atoms with Crippen molar-refractivity contribution < 1.29 is 4.74 Å². The number of benzene rings is 1. The van der Waals surface area contributed by atoms with Crippen LogP contribution in [0.25, 0.3) is 0 Å². The van der Waals surface area contributed by atoms with Crippen LogP contribution in [0.3, 0.4) is 0 Å². The van der Waals surface area contributed by atoms with Gasteiger partial charge in [0.25, 0.3) is 0 Å². The van der Waals surface area contributed by atoms with Crippen molar-refractivity contribution in [2.45, 2.75) is 13.0 Å². The number of hydrogen-bond donors (Lipinski definition) is 1. The Morgan fingerprint density at radius 1 is 1.44 bits per heavy atom. The Labute approximate surface area is 115 Å². The van der Waals surface area contributed by atoms with Gasteiger partial charge < -0.3 is 10.1 Å². The molecule has 96 valence electrons. The molecular weight excluding hydrogens is 294 g/mol. The molecule has 0 spiro atoms. The Morgan fingerprint density at radius 3 is 2.83 bits per heavy atom. The Balaban J connectivity index is 2.31. The van der Waals surface area contributed by atoms with Crippen molar-refractivity contribution in [2.24, 2.45) is 7.05 Å². The molecule has 2 aromatic rings. The highest BCUT2D eigenvalue weighted by atomic mass is 79.9. The molecule has 1 unspecified atom stereocenters. The second-order valence-electron chi connectivity index (χ2n) is 4.14. The van der Waals surface area contributed by atoms with E-state index in [0.29, 0.717) is 0 Å². The van der Waals surface area contributed by atoms with Gasteiger partial charge in [0.2, 0.25) is 0 Å². The highest BCUT2D eigenvalue weighted by Gasteiger charge is 2.12. The van der Waals surface area contributed by atoms with Gasteiger partial charge in [0.1, 0.15) is 5.75 Å². The van der Waals surface area contributed by atoms with Crippen molar-refractivity contribution in [3.63, 3.8) is 0 Å². The van der Waals surface area contributed by atoms with E-state index in [0.717, 1.165) is 21.5 Å². The van der Waals surface area contributed by atoms with Gasteiger partial charge in [-0.15, -0.1) is 0 Å². The number of nitrogens with one attached hydrogen (secondary N) is 1. The maximum absolute atomic E-state index is 5.86. The summed E-state index contributed by atoms with van der Waals surface area (Å²) < 4.78 is 8.62. The lowest BCUT2D eigenvalue weighted by Crippen LogP contribution is -2.13. The zero-order valence-corrected chi connectivity index (χ0v) is 12.2. The summed E-state index contributed by atoms with van der Waals surface area (Å²) in [5.41, 5.74) is 1.11. The van der Waals surface area contributed by atoms with Crippen LogP contribution in [0.2, 0.25) is 0 Å². The molecular formula is C13H16BrN3O. The Hall–Kier alpha value is -1.33. The summed E-state index contributed by atoms with van der Waals surface area (Å²) in [6.45, 7) is 2.10. The fourth-order valence-electron chi connectivity index (χ4n) is 1.68. The Morgan fingerprint density at radius 2 is 2.22 bits per heavy atom. The number of aryl methyl sites for hydroxylation is 1. The minimum absolute atomic E-state index is 0.217. The highest BCUT2D eigenvalue weighted by Crippen LogP contribution is 2.31. The number of hydrogen-bond acceptors (Lipinski definition) is 3.